The van der Waals surface area contributed by atoms with Gasteiger partial charge in [0.15, 0.2) is 0 Å². The van der Waals surface area contributed by atoms with Gasteiger partial charge < -0.3 is 10.6 Å². The molecule has 186 valence electrons. The van der Waals surface area contributed by atoms with Gasteiger partial charge in [-0.05, 0) is 31.5 Å². The van der Waals surface area contributed by atoms with Gasteiger partial charge in [-0.25, -0.2) is 0 Å². The quantitative estimate of drug-likeness (QED) is 0.282. The molecule has 1 aromatic carbocycles. The van der Waals surface area contributed by atoms with Gasteiger partial charge in [0.1, 0.15) is 17.1 Å². The number of hydrogen-bond acceptors (Lipinski definition) is 7. The van der Waals surface area contributed by atoms with Crippen molar-refractivity contribution in [2.24, 2.45) is 14.1 Å². The van der Waals surface area contributed by atoms with Gasteiger partial charge in [-0.15, -0.1) is 0 Å². The van der Waals surface area contributed by atoms with Crippen LogP contribution < -0.4 is 10.6 Å². The number of anilines is 1. The van der Waals surface area contributed by atoms with Crippen LogP contribution in [0.25, 0.3) is 0 Å². The molecule has 13 nitrogen and oxygen atoms in total. The van der Waals surface area contributed by atoms with Crippen molar-refractivity contribution >= 4 is 23.2 Å². The topological polar surface area (TPSA) is 155 Å². The van der Waals surface area contributed by atoms with Gasteiger partial charge in [0.05, 0.1) is 29.5 Å². The molecule has 2 N–H and O–H groups in total. The van der Waals surface area contributed by atoms with Crippen LogP contribution in [0.5, 0.6) is 0 Å². The molecule has 0 spiro atoms. The Kier molecular flexibility index (Phi) is 6.63. The summed E-state index contributed by atoms with van der Waals surface area (Å²) < 4.78 is 4.57. The number of aryl methyl sites for hydroxylation is 3. The minimum atomic E-state index is -0.448. The minimum Gasteiger partial charge on any atom is -0.346 e. The standard InChI is InChI=1S/C23H25N9O4/c1-14-20(32(35)36)15(2)31(28-14)13-16-6-5-7-18(8-16)22(33)27-19-11-26-30(4)21(19)23(34)24-9-17-10-25-29(3)12-17/h5-8,10-12H,9,13H2,1-4H3,(H,24,34)(H,27,33). The fourth-order valence-electron chi connectivity index (χ4n) is 3.91. The summed E-state index contributed by atoms with van der Waals surface area (Å²) in [5, 5.41) is 29.3. The van der Waals surface area contributed by atoms with Crippen molar-refractivity contribution in [2.45, 2.75) is 26.9 Å². The average Bonchev–Trinajstić information content (AvgIpc) is 3.49. The fraction of sp³-hybridized carbons (Fsp3) is 0.261. The molecule has 0 atom stereocenters. The first-order chi connectivity index (χ1) is 17.1. The summed E-state index contributed by atoms with van der Waals surface area (Å²) in [7, 11) is 3.40. The zero-order chi connectivity index (χ0) is 26.0. The van der Waals surface area contributed by atoms with Crippen molar-refractivity contribution in [2.75, 3.05) is 5.32 Å². The summed E-state index contributed by atoms with van der Waals surface area (Å²) in [6, 6.07) is 6.84. The molecule has 0 saturated carbocycles. The highest BCUT2D eigenvalue weighted by atomic mass is 16.6. The van der Waals surface area contributed by atoms with Crippen molar-refractivity contribution < 1.29 is 14.5 Å². The minimum absolute atomic E-state index is 0.0187. The highest BCUT2D eigenvalue weighted by molar-refractivity contribution is 6.08. The Morgan fingerprint density at radius 1 is 1.08 bits per heavy atom. The molecule has 4 aromatic rings. The van der Waals surface area contributed by atoms with Gasteiger partial charge in [0.2, 0.25) is 0 Å². The van der Waals surface area contributed by atoms with Gasteiger partial charge in [-0.1, -0.05) is 12.1 Å². The number of nitro groups is 1. The lowest BCUT2D eigenvalue weighted by atomic mass is 10.1. The monoisotopic (exact) mass is 491 g/mol. The van der Waals surface area contributed by atoms with Gasteiger partial charge in [0.25, 0.3) is 11.8 Å². The Hall–Kier alpha value is -4.81. The van der Waals surface area contributed by atoms with Crippen LogP contribution in [0.15, 0.2) is 42.9 Å². The molecular weight excluding hydrogens is 466 g/mol. The zero-order valence-corrected chi connectivity index (χ0v) is 20.2. The summed E-state index contributed by atoms with van der Waals surface area (Å²) >= 11 is 0. The van der Waals surface area contributed by atoms with Gasteiger partial charge >= 0.3 is 5.69 Å². The van der Waals surface area contributed by atoms with Crippen molar-refractivity contribution in [1.82, 2.24) is 34.7 Å². The smallest absolute Gasteiger partial charge is 0.312 e. The third-order valence-electron chi connectivity index (χ3n) is 5.66. The molecule has 0 saturated heterocycles. The van der Waals surface area contributed by atoms with Crippen molar-refractivity contribution in [3.63, 3.8) is 0 Å². The van der Waals surface area contributed by atoms with E-state index in [1.54, 1.807) is 69.3 Å². The zero-order valence-electron chi connectivity index (χ0n) is 20.2. The first-order valence-corrected chi connectivity index (χ1v) is 11.0. The number of hydrogen-bond donors (Lipinski definition) is 2. The van der Waals surface area contributed by atoms with Crippen LogP contribution in [0.4, 0.5) is 11.4 Å². The van der Waals surface area contributed by atoms with Gasteiger partial charge in [-0.2, -0.15) is 15.3 Å². The number of rotatable bonds is 8. The Morgan fingerprint density at radius 2 is 1.86 bits per heavy atom. The fourth-order valence-corrected chi connectivity index (χ4v) is 3.91. The summed E-state index contributed by atoms with van der Waals surface area (Å²) in [5.74, 6) is -0.820. The van der Waals surface area contributed by atoms with Crippen molar-refractivity contribution in [1.29, 1.82) is 0 Å². The van der Waals surface area contributed by atoms with E-state index < -0.39 is 16.7 Å². The molecule has 0 unspecified atom stereocenters. The second-order valence-electron chi connectivity index (χ2n) is 8.32. The molecule has 3 aromatic heterocycles. The molecule has 2 amide bonds. The van der Waals surface area contributed by atoms with Crippen molar-refractivity contribution in [3.8, 4) is 0 Å². The lowest BCUT2D eigenvalue weighted by Gasteiger charge is -2.10. The molecule has 13 heteroatoms. The van der Waals surface area contributed by atoms with E-state index in [1.807, 2.05) is 0 Å². The highest BCUT2D eigenvalue weighted by Crippen LogP contribution is 2.23. The molecule has 0 aliphatic rings. The maximum atomic E-state index is 13.0. The van der Waals surface area contributed by atoms with E-state index in [-0.39, 0.29) is 30.2 Å². The number of benzene rings is 1. The molecule has 0 aliphatic heterocycles. The average molecular weight is 492 g/mol. The molecule has 36 heavy (non-hydrogen) atoms. The van der Waals surface area contributed by atoms with Crippen LogP contribution in [0, 0.1) is 24.0 Å². The number of amides is 2. The van der Waals surface area contributed by atoms with Crippen LogP contribution in [0.1, 0.15) is 43.4 Å². The highest BCUT2D eigenvalue weighted by Gasteiger charge is 2.22. The Balaban J connectivity index is 1.48. The maximum absolute atomic E-state index is 13.0. The molecular formula is C23H25N9O4. The van der Waals surface area contributed by atoms with Crippen LogP contribution in [0.2, 0.25) is 0 Å². The summed E-state index contributed by atoms with van der Waals surface area (Å²) in [4.78, 5) is 36.6. The third kappa shape index (κ3) is 4.99. The largest absolute Gasteiger partial charge is 0.346 e. The van der Waals surface area contributed by atoms with E-state index in [0.717, 1.165) is 11.1 Å². The first-order valence-electron chi connectivity index (χ1n) is 11.0. The molecule has 0 fully saturated rings. The lowest BCUT2D eigenvalue weighted by molar-refractivity contribution is -0.386. The van der Waals surface area contributed by atoms with Gasteiger partial charge in [0, 0.05) is 38.0 Å². The molecule has 3 heterocycles. The lowest BCUT2D eigenvalue weighted by Crippen LogP contribution is -2.26. The van der Waals surface area contributed by atoms with E-state index >= 15 is 0 Å². The van der Waals surface area contributed by atoms with Crippen LogP contribution in [-0.4, -0.2) is 46.1 Å². The number of aromatic nitrogens is 6. The van der Waals surface area contributed by atoms with Crippen LogP contribution >= 0.6 is 0 Å². The van der Waals surface area contributed by atoms with E-state index in [2.05, 4.69) is 25.9 Å². The predicted octanol–water partition coefficient (Wildman–Crippen LogP) is 2.11. The molecule has 0 aliphatic carbocycles. The SMILES string of the molecule is Cc1nn(Cc2cccc(C(=O)Nc3cnn(C)c3C(=O)NCc3cnn(C)c3)c2)c(C)c1[N+](=O)[O-]. The first kappa shape index (κ1) is 24.3. The van der Waals surface area contributed by atoms with E-state index in [0.29, 0.717) is 17.0 Å². The normalized spacial score (nSPS) is 10.9. The number of nitrogens with zero attached hydrogens (tertiary/aromatic N) is 7. The second-order valence-corrected chi connectivity index (χ2v) is 8.32. The molecule has 4 rings (SSSR count). The second kappa shape index (κ2) is 9.82. The maximum Gasteiger partial charge on any atom is 0.312 e. The number of nitrogens with one attached hydrogen (secondary N) is 2. The van der Waals surface area contributed by atoms with E-state index in [9.17, 15) is 19.7 Å². The summed E-state index contributed by atoms with van der Waals surface area (Å²) in [5.41, 5.74) is 3.15. The molecule has 0 radical (unpaired) electrons. The number of carbonyl (C=O) groups excluding carboxylic acids is 2. The Bertz CT molecular complexity index is 1460. The van der Waals surface area contributed by atoms with E-state index in [1.165, 1.54) is 15.6 Å². The van der Waals surface area contributed by atoms with Gasteiger partial charge in [-0.3, -0.25) is 33.7 Å². The third-order valence-corrected chi connectivity index (χ3v) is 5.66. The van der Waals surface area contributed by atoms with Crippen LogP contribution in [0.3, 0.4) is 0 Å². The van der Waals surface area contributed by atoms with E-state index in [4.69, 9.17) is 0 Å². The molecule has 0 bridgehead atoms. The summed E-state index contributed by atoms with van der Waals surface area (Å²) in [6.07, 6.45) is 4.86. The summed E-state index contributed by atoms with van der Waals surface area (Å²) in [6.45, 7) is 3.76. The Labute approximate surface area is 205 Å². The predicted molar refractivity (Wildman–Crippen MR) is 129 cm³/mol. The number of carbonyl (C=O) groups is 2. The Morgan fingerprint density at radius 3 is 2.53 bits per heavy atom. The van der Waals surface area contributed by atoms with Crippen molar-refractivity contribution in [3.05, 3.63) is 86.7 Å². The van der Waals surface area contributed by atoms with Crippen LogP contribution in [-0.2, 0) is 27.2 Å².